The van der Waals surface area contributed by atoms with Crippen LogP contribution in [-0.4, -0.2) is 0 Å². The van der Waals surface area contributed by atoms with Gasteiger partial charge in [0.25, 0.3) is 0 Å². The van der Waals surface area contributed by atoms with Crippen LogP contribution in [0.25, 0.3) is 0 Å². The Kier molecular flexibility index (Phi) is 1.02. The summed E-state index contributed by atoms with van der Waals surface area (Å²) >= 11 is 0. The largest absolute Gasteiger partial charge is 0.0528 e. The topological polar surface area (TPSA) is 0 Å². The maximum absolute atomic E-state index is 1.67. The first-order valence-electron chi connectivity index (χ1n) is 6.88. The fourth-order valence-electron chi connectivity index (χ4n) is 6.18. The zero-order valence-corrected chi connectivity index (χ0v) is 8.91. The zero-order valence-electron chi connectivity index (χ0n) is 8.91. The third-order valence-corrected chi connectivity index (χ3v) is 6.79. The lowest BCUT2D eigenvalue weighted by atomic mass is 9.56. The van der Waals surface area contributed by atoms with Crippen molar-refractivity contribution < 1.29 is 0 Å². The molecule has 0 aromatic carbocycles. The molecule has 5 aliphatic carbocycles. The second-order valence-electron chi connectivity index (χ2n) is 7.11. The molecule has 0 aromatic rings. The van der Waals surface area contributed by atoms with E-state index >= 15 is 0 Å². The lowest BCUT2D eigenvalue weighted by molar-refractivity contribution is 0.00242. The number of hydrogen-bond donors (Lipinski definition) is 0. The fourth-order valence-corrected chi connectivity index (χ4v) is 6.18. The first kappa shape index (κ1) is 7.30. The van der Waals surface area contributed by atoms with E-state index in [-0.39, 0.29) is 0 Å². The van der Waals surface area contributed by atoms with E-state index in [1.807, 2.05) is 0 Å². The van der Waals surface area contributed by atoms with E-state index in [9.17, 15) is 0 Å². The Morgan fingerprint density at radius 2 is 1.79 bits per heavy atom. The maximum Gasteiger partial charge on any atom is -0.0230 e. The minimum Gasteiger partial charge on any atom is -0.0528 e. The van der Waals surface area contributed by atoms with Gasteiger partial charge in [-0.3, -0.25) is 0 Å². The van der Waals surface area contributed by atoms with Gasteiger partial charge in [-0.15, -0.1) is 0 Å². The summed E-state index contributed by atoms with van der Waals surface area (Å²) in [5.41, 5.74) is 0.986. The van der Waals surface area contributed by atoms with Crippen LogP contribution in [0.5, 0.6) is 0 Å². The molecule has 0 aromatic heterocycles. The Morgan fingerprint density at radius 3 is 2.79 bits per heavy atom. The van der Waals surface area contributed by atoms with Gasteiger partial charge in [-0.1, -0.05) is 19.3 Å². The molecule has 0 bridgehead atoms. The van der Waals surface area contributed by atoms with Crippen molar-refractivity contribution in [1.29, 1.82) is 0 Å². The predicted octanol–water partition coefficient (Wildman–Crippen LogP) is 3.47. The SMILES string of the molecule is C1CC2CC2C2CC3CC34CC(C1)C24. The summed E-state index contributed by atoms with van der Waals surface area (Å²) in [5, 5.41) is 0. The summed E-state index contributed by atoms with van der Waals surface area (Å²) in [6, 6.07) is 0. The minimum absolute atomic E-state index is 0.986. The molecule has 0 saturated heterocycles. The molecule has 5 saturated carbocycles. The van der Waals surface area contributed by atoms with E-state index in [1.54, 1.807) is 44.9 Å². The van der Waals surface area contributed by atoms with Gasteiger partial charge in [0.15, 0.2) is 0 Å². The first-order chi connectivity index (χ1) is 6.88. The van der Waals surface area contributed by atoms with Gasteiger partial charge in [0, 0.05) is 0 Å². The molecule has 0 heterocycles. The maximum atomic E-state index is 1.67. The van der Waals surface area contributed by atoms with Crippen molar-refractivity contribution in [1.82, 2.24) is 0 Å². The quantitative estimate of drug-likeness (QED) is 0.546. The Labute approximate surface area is 86.5 Å². The highest BCUT2D eigenvalue weighted by molar-refractivity contribution is 5.24. The lowest BCUT2D eigenvalue weighted by Crippen LogP contribution is -2.41. The molecule has 7 unspecified atom stereocenters. The van der Waals surface area contributed by atoms with Crippen LogP contribution in [0.3, 0.4) is 0 Å². The molecule has 0 aliphatic heterocycles. The Bertz CT molecular complexity index is 307. The average Bonchev–Trinajstić information content (AvgIpc) is 2.96. The van der Waals surface area contributed by atoms with Crippen LogP contribution in [0.15, 0.2) is 0 Å². The molecule has 5 aliphatic rings. The highest BCUT2D eigenvalue weighted by Crippen LogP contribution is 2.83. The van der Waals surface area contributed by atoms with E-state index in [4.69, 9.17) is 0 Å². The van der Waals surface area contributed by atoms with Gasteiger partial charge in [0.05, 0.1) is 0 Å². The number of hydrogen-bond acceptors (Lipinski definition) is 0. The smallest absolute Gasteiger partial charge is 0.0230 e. The van der Waals surface area contributed by atoms with Gasteiger partial charge < -0.3 is 0 Å². The van der Waals surface area contributed by atoms with Crippen molar-refractivity contribution in [2.45, 2.75) is 44.9 Å². The van der Waals surface area contributed by atoms with Crippen LogP contribution >= 0.6 is 0 Å². The molecule has 5 rings (SSSR count). The molecule has 1 spiro atoms. The van der Waals surface area contributed by atoms with E-state index in [0.717, 1.165) is 5.41 Å². The van der Waals surface area contributed by atoms with E-state index in [2.05, 4.69) is 0 Å². The molecule has 0 amide bonds. The van der Waals surface area contributed by atoms with Gasteiger partial charge in [-0.2, -0.15) is 0 Å². The highest BCUT2D eigenvalue weighted by atomic mass is 14.8. The standard InChI is InChI=1S/C14H20/c1-2-8-4-11(8)12-5-10-7-14(10)6-9(3-1)13(12)14/h8-13H,1-7H2. The molecular formula is C14H20. The second-order valence-corrected chi connectivity index (χ2v) is 7.11. The van der Waals surface area contributed by atoms with Crippen molar-refractivity contribution in [3.05, 3.63) is 0 Å². The van der Waals surface area contributed by atoms with Crippen LogP contribution in [0, 0.1) is 40.9 Å². The van der Waals surface area contributed by atoms with Crippen LogP contribution in [-0.2, 0) is 0 Å². The van der Waals surface area contributed by atoms with Gasteiger partial charge in [0.1, 0.15) is 0 Å². The monoisotopic (exact) mass is 188 g/mol. The molecule has 14 heavy (non-hydrogen) atoms. The van der Waals surface area contributed by atoms with Crippen LogP contribution in [0.2, 0.25) is 0 Å². The minimum atomic E-state index is 0.986. The van der Waals surface area contributed by atoms with Crippen LogP contribution < -0.4 is 0 Å². The fraction of sp³-hybridized carbons (Fsp3) is 1.00. The van der Waals surface area contributed by atoms with Crippen molar-refractivity contribution >= 4 is 0 Å². The Balaban J connectivity index is 1.55. The number of rotatable bonds is 0. The summed E-state index contributed by atoms with van der Waals surface area (Å²) in [5.74, 6) is 7.35. The van der Waals surface area contributed by atoms with E-state index < -0.39 is 0 Å². The summed E-state index contributed by atoms with van der Waals surface area (Å²) in [6.45, 7) is 0. The summed E-state index contributed by atoms with van der Waals surface area (Å²) in [6.07, 6.45) is 11.4. The van der Waals surface area contributed by atoms with E-state index in [1.165, 1.54) is 35.5 Å². The van der Waals surface area contributed by atoms with Gasteiger partial charge in [-0.25, -0.2) is 0 Å². The van der Waals surface area contributed by atoms with Crippen LogP contribution in [0.4, 0.5) is 0 Å². The predicted molar refractivity (Wildman–Crippen MR) is 55.7 cm³/mol. The summed E-state index contributed by atoms with van der Waals surface area (Å²) < 4.78 is 0. The number of fused-ring (bicyclic) bond motifs is 2. The summed E-state index contributed by atoms with van der Waals surface area (Å²) in [4.78, 5) is 0. The van der Waals surface area contributed by atoms with Crippen molar-refractivity contribution in [3.63, 3.8) is 0 Å². The molecule has 0 nitrogen and oxygen atoms in total. The third-order valence-electron chi connectivity index (χ3n) is 6.79. The normalized spacial score (nSPS) is 72.0. The molecule has 5 fully saturated rings. The molecular weight excluding hydrogens is 168 g/mol. The highest BCUT2D eigenvalue weighted by Gasteiger charge is 2.75. The third kappa shape index (κ3) is 0.630. The molecule has 0 radical (unpaired) electrons. The summed E-state index contributed by atoms with van der Waals surface area (Å²) in [7, 11) is 0. The Morgan fingerprint density at radius 1 is 0.857 bits per heavy atom. The lowest BCUT2D eigenvalue weighted by Gasteiger charge is -2.48. The van der Waals surface area contributed by atoms with Crippen molar-refractivity contribution in [2.24, 2.45) is 40.9 Å². The zero-order chi connectivity index (χ0) is 8.91. The average molecular weight is 188 g/mol. The van der Waals surface area contributed by atoms with Gasteiger partial charge in [0.2, 0.25) is 0 Å². The Hall–Kier alpha value is 0. The molecule has 76 valence electrons. The van der Waals surface area contributed by atoms with Crippen molar-refractivity contribution in [3.8, 4) is 0 Å². The van der Waals surface area contributed by atoms with Crippen LogP contribution in [0.1, 0.15) is 44.9 Å². The molecule has 7 atom stereocenters. The first-order valence-corrected chi connectivity index (χ1v) is 6.88. The van der Waals surface area contributed by atoms with Gasteiger partial charge in [-0.05, 0) is 66.6 Å². The second kappa shape index (κ2) is 1.95. The van der Waals surface area contributed by atoms with Crippen molar-refractivity contribution in [2.75, 3.05) is 0 Å². The molecule has 0 heteroatoms. The van der Waals surface area contributed by atoms with E-state index in [0.29, 0.717) is 0 Å². The molecule has 0 N–H and O–H groups in total. The van der Waals surface area contributed by atoms with Gasteiger partial charge >= 0.3 is 0 Å².